The van der Waals surface area contributed by atoms with E-state index in [0.29, 0.717) is 10.8 Å². The average Bonchev–Trinajstić information content (AvgIpc) is 2.79. The molecule has 6 nitrogen and oxygen atoms in total. The third kappa shape index (κ3) is 1.78. The van der Waals surface area contributed by atoms with Crippen molar-refractivity contribution in [3.05, 3.63) is 30.5 Å². The molecule has 0 aliphatic rings. The summed E-state index contributed by atoms with van der Waals surface area (Å²) in [4.78, 5) is 5.19. The average molecular weight is 258 g/mol. The summed E-state index contributed by atoms with van der Waals surface area (Å²) in [6.07, 6.45) is 1.75. The molecule has 0 atom stereocenters. The first kappa shape index (κ1) is 11.0. The molecule has 0 spiro atoms. The second-order valence-electron chi connectivity index (χ2n) is 3.73. The van der Waals surface area contributed by atoms with Gasteiger partial charge in [0, 0.05) is 23.5 Å². The van der Waals surface area contributed by atoms with Crippen LogP contribution >= 0.6 is 11.8 Å². The van der Waals surface area contributed by atoms with Crippen LogP contribution in [0.5, 0.6) is 0 Å². The maximum atomic E-state index is 6.15. The van der Waals surface area contributed by atoms with Gasteiger partial charge in [-0.05, 0) is 46.5 Å². The Hall–Kier alpha value is -2.15. The van der Waals surface area contributed by atoms with Crippen LogP contribution in [0.4, 0.5) is 5.69 Å². The summed E-state index contributed by atoms with van der Waals surface area (Å²) in [5.74, 6) is 0. The van der Waals surface area contributed by atoms with Crippen molar-refractivity contribution >= 4 is 28.4 Å². The smallest absolute Gasteiger partial charge is 0.213 e. The lowest BCUT2D eigenvalue weighted by Gasteiger charge is -2.06. The Morgan fingerprint density at radius 2 is 2.17 bits per heavy atom. The molecule has 2 aromatic heterocycles. The fourth-order valence-electron chi connectivity index (χ4n) is 1.65. The molecule has 0 amide bonds. The van der Waals surface area contributed by atoms with Gasteiger partial charge in [0.1, 0.15) is 0 Å². The third-order valence-electron chi connectivity index (χ3n) is 2.57. The molecule has 0 fully saturated rings. The van der Waals surface area contributed by atoms with Crippen LogP contribution in [0.15, 0.2) is 40.5 Å². The zero-order chi connectivity index (χ0) is 12.5. The molecular formula is C11H10N6S. The second kappa shape index (κ2) is 4.26. The Kier molecular flexibility index (Phi) is 2.60. The van der Waals surface area contributed by atoms with E-state index >= 15 is 0 Å². The number of nitrogen functional groups attached to an aromatic ring is 1. The summed E-state index contributed by atoms with van der Waals surface area (Å²) in [6.45, 7) is 0. The molecule has 90 valence electrons. The first-order valence-corrected chi connectivity index (χ1v) is 6.11. The number of benzene rings is 1. The number of nitrogens with zero attached hydrogens (tertiary/aromatic N) is 5. The molecule has 0 bridgehead atoms. The minimum Gasteiger partial charge on any atom is -0.397 e. The fraction of sp³-hybridized carbons (Fsp3) is 0.0909. The lowest BCUT2D eigenvalue weighted by atomic mass is 10.2. The van der Waals surface area contributed by atoms with Crippen molar-refractivity contribution in [3.8, 4) is 0 Å². The van der Waals surface area contributed by atoms with Crippen molar-refractivity contribution in [3.63, 3.8) is 0 Å². The number of aryl methyl sites for hydroxylation is 1. The molecule has 3 aromatic rings. The maximum absolute atomic E-state index is 6.15. The molecular weight excluding hydrogens is 248 g/mol. The van der Waals surface area contributed by atoms with Crippen LogP contribution in [0.1, 0.15) is 0 Å². The second-order valence-corrected chi connectivity index (χ2v) is 4.74. The van der Waals surface area contributed by atoms with Gasteiger partial charge in [-0.1, -0.05) is 0 Å². The van der Waals surface area contributed by atoms with Gasteiger partial charge in [0.25, 0.3) is 0 Å². The van der Waals surface area contributed by atoms with Gasteiger partial charge in [0.2, 0.25) is 5.16 Å². The van der Waals surface area contributed by atoms with Gasteiger partial charge in [0.15, 0.2) is 0 Å². The Labute approximate surface area is 107 Å². The summed E-state index contributed by atoms with van der Waals surface area (Å²) < 4.78 is 1.61. The molecule has 0 radical (unpaired) electrons. The van der Waals surface area contributed by atoms with Gasteiger partial charge in [-0.3, -0.25) is 4.98 Å². The monoisotopic (exact) mass is 258 g/mol. The minimum atomic E-state index is 0.699. The van der Waals surface area contributed by atoms with E-state index in [1.165, 1.54) is 11.8 Å². The molecule has 7 heteroatoms. The molecule has 0 saturated heterocycles. The van der Waals surface area contributed by atoms with E-state index in [1.807, 2.05) is 24.3 Å². The lowest BCUT2D eigenvalue weighted by Crippen LogP contribution is -1.95. The molecule has 1 aromatic carbocycles. The van der Waals surface area contributed by atoms with Crippen molar-refractivity contribution < 1.29 is 0 Å². The van der Waals surface area contributed by atoms with Gasteiger partial charge in [-0.2, -0.15) is 0 Å². The normalized spacial score (nSPS) is 10.9. The van der Waals surface area contributed by atoms with Crippen LogP contribution in [0.25, 0.3) is 10.9 Å². The molecule has 18 heavy (non-hydrogen) atoms. The predicted molar refractivity (Wildman–Crippen MR) is 69.1 cm³/mol. The number of rotatable bonds is 2. The van der Waals surface area contributed by atoms with Gasteiger partial charge in [-0.25, -0.2) is 4.68 Å². The van der Waals surface area contributed by atoms with Gasteiger partial charge in [-0.15, -0.1) is 5.10 Å². The molecule has 0 saturated carbocycles. The Balaban J connectivity index is 2.08. The van der Waals surface area contributed by atoms with E-state index in [-0.39, 0.29) is 0 Å². The zero-order valence-electron chi connectivity index (χ0n) is 9.61. The highest BCUT2D eigenvalue weighted by Crippen LogP contribution is 2.34. The van der Waals surface area contributed by atoms with E-state index in [1.54, 1.807) is 17.9 Å². The van der Waals surface area contributed by atoms with E-state index in [9.17, 15) is 0 Å². The highest BCUT2D eigenvalue weighted by atomic mass is 32.2. The number of fused-ring (bicyclic) bond motifs is 1. The van der Waals surface area contributed by atoms with E-state index in [4.69, 9.17) is 5.73 Å². The van der Waals surface area contributed by atoms with Crippen molar-refractivity contribution in [2.24, 2.45) is 7.05 Å². The largest absolute Gasteiger partial charge is 0.397 e. The maximum Gasteiger partial charge on any atom is 0.213 e. The summed E-state index contributed by atoms with van der Waals surface area (Å²) in [5.41, 5.74) is 7.73. The van der Waals surface area contributed by atoms with Crippen molar-refractivity contribution in [2.45, 2.75) is 10.1 Å². The van der Waals surface area contributed by atoms with Crippen LogP contribution in [-0.4, -0.2) is 25.2 Å². The van der Waals surface area contributed by atoms with E-state index in [0.717, 1.165) is 15.8 Å². The molecule has 0 aliphatic heterocycles. The zero-order valence-corrected chi connectivity index (χ0v) is 10.4. The van der Waals surface area contributed by atoms with Crippen LogP contribution in [0.2, 0.25) is 0 Å². The standard InChI is InChI=1S/C11H10N6S/c1-17-11(14-15-16-17)18-9-5-4-8-7(10(9)12)3-2-6-13-8/h2-6H,12H2,1H3. The highest BCUT2D eigenvalue weighted by Gasteiger charge is 2.10. The number of nitrogens with two attached hydrogens (primary N) is 1. The topological polar surface area (TPSA) is 82.5 Å². The first-order chi connectivity index (χ1) is 8.75. The quantitative estimate of drug-likeness (QED) is 0.701. The SMILES string of the molecule is Cn1nnnc1Sc1ccc2ncccc2c1N. The fourth-order valence-corrected chi connectivity index (χ4v) is 2.45. The van der Waals surface area contributed by atoms with Crippen LogP contribution in [0, 0.1) is 0 Å². The van der Waals surface area contributed by atoms with Crippen LogP contribution < -0.4 is 5.73 Å². The van der Waals surface area contributed by atoms with E-state index in [2.05, 4.69) is 20.5 Å². The lowest BCUT2D eigenvalue weighted by molar-refractivity contribution is 0.664. The summed E-state index contributed by atoms with van der Waals surface area (Å²) in [6, 6.07) is 7.70. The van der Waals surface area contributed by atoms with Crippen molar-refractivity contribution in [1.29, 1.82) is 0 Å². The Morgan fingerprint density at radius 3 is 2.94 bits per heavy atom. The Bertz CT molecular complexity index is 708. The third-order valence-corrected chi connectivity index (χ3v) is 3.67. The predicted octanol–water partition coefficient (Wildman–Crippen LogP) is 1.49. The first-order valence-electron chi connectivity index (χ1n) is 5.29. The molecule has 2 heterocycles. The molecule has 3 rings (SSSR count). The number of anilines is 1. The molecule has 0 unspecified atom stereocenters. The number of pyridine rings is 1. The Morgan fingerprint density at radius 1 is 1.28 bits per heavy atom. The van der Waals surface area contributed by atoms with Crippen LogP contribution in [-0.2, 0) is 7.05 Å². The summed E-state index contributed by atoms with van der Waals surface area (Å²) >= 11 is 1.44. The van der Waals surface area contributed by atoms with Crippen molar-refractivity contribution in [2.75, 3.05) is 5.73 Å². The number of hydrogen-bond donors (Lipinski definition) is 1. The van der Waals surface area contributed by atoms with E-state index < -0.39 is 0 Å². The van der Waals surface area contributed by atoms with Crippen LogP contribution in [0.3, 0.4) is 0 Å². The van der Waals surface area contributed by atoms with Gasteiger partial charge < -0.3 is 5.73 Å². The minimum absolute atomic E-state index is 0.699. The molecule has 2 N–H and O–H groups in total. The number of tetrazole rings is 1. The summed E-state index contributed by atoms with van der Waals surface area (Å²) in [5, 5.41) is 13.0. The highest BCUT2D eigenvalue weighted by molar-refractivity contribution is 7.99. The summed E-state index contributed by atoms with van der Waals surface area (Å²) in [7, 11) is 1.79. The van der Waals surface area contributed by atoms with Crippen molar-refractivity contribution in [1.82, 2.24) is 25.2 Å². The number of hydrogen-bond acceptors (Lipinski definition) is 6. The number of aromatic nitrogens is 5. The van der Waals surface area contributed by atoms with Gasteiger partial charge >= 0.3 is 0 Å². The molecule has 0 aliphatic carbocycles. The van der Waals surface area contributed by atoms with Gasteiger partial charge in [0.05, 0.1) is 11.2 Å².